The number of hydrogen-bond donors (Lipinski definition) is 1. The van der Waals surface area contributed by atoms with E-state index >= 15 is 0 Å². The predicted octanol–water partition coefficient (Wildman–Crippen LogP) is 2.40. The first kappa shape index (κ1) is 21.8. The van der Waals surface area contributed by atoms with Crippen molar-refractivity contribution in [1.82, 2.24) is 19.4 Å². The van der Waals surface area contributed by atoms with E-state index in [1.165, 1.54) is 15.9 Å². The van der Waals surface area contributed by atoms with Gasteiger partial charge in [0, 0.05) is 37.1 Å². The summed E-state index contributed by atoms with van der Waals surface area (Å²) in [7, 11) is 0. The molecule has 4 aromatic rings. The highest BCUT2D eigenvalue weighted by Crippen LogP contribution is 2.16. The molecule has 2 aromatic carbocycles. The van der Waals surface area contributed by atoms with Crippen molar-refractivity contribution in [1.29, 1.82) is 0 Å². The third-order valence-corrected chi connectivity index (χ3v) is 6.73. The molecule has 0 aliphatic carbocycles. The van der Waals surface area contributed by atoms with Gasteiger partial charge in [-0.15, -0.1) is 0 Å². The van der Waals surface area contributed by atoms with Crippen molar-refractivity contribution in [3.8, 4) is 0 Å². The van der Waals surface area contributed by atoms with Gasteiger partial charge < -0.3 is 9.80 Å². The van der Waals surface area contributed by atoms with Gasteiger partial charge in [-0.25, -0.2) is 4.79 Å². The third-order valence-electron chi connectivity index (χ3n) is 6.04. The zero-order valence-electron chi connectivity index (χ0n) is 18.3. The summed E-state index contributed by atoms with van der Waals surface area (Å²) in [6.07, 6.45) is 0. The molecule has 8 nitrogen and oxygen atoms in total. The van der Waals surface area contributed by atoms with Gasteiger partial charge in [0.05, 0.1) is 23.0 Å². The molecule has 1 saturated heterocycles. The van der Waals surface area contributed by atoms with Crippen molar-refractivity contribution < 1.29 is 9.59 Å². The Labute approximate surface area is 198 Å². The zero-order valence-corrected chi connectivity index (χ0v) is 19.1. The molecule has 2 amide bonds. The fraction of sp³-hybridized carbons (Fsp3) is 0.200. The van der Waals surface area contributed by atoms with Crippen molar-refractivity contribution in [2.75, 3.05) is 26.2 Å². The van der Waals surface area contributed by atoms with Gasteiger partial charge in [0.25, 0.3) is 17.4 Å². The second kappa shape index (κ2) is 9.11. The Morgan fingerprint density at radius 2 is 1.56 bits per heavy atom. The average Bonchev–Trinajstić information content (AvgIpc) is 3.41. The summed E-state index contributed by atoms with van der Waals surface area (Å²) >= 11 is 1.49. The van der Waals surface area contributed by atoms with Gasteiger partial charge in [-0.1, -0.05) is 24.3 Å². The van der Waals surface area contributed by atoms with Crippen molar-refractivity contribution in [3.05, 3.63) is 103 Å². The molecular formula is C25H22N4O4S. The number of amides is 2. The summed E-state index contributed by atoms with van der Waals surface area (Å²) in [4.78, 5) is 56.2. The summed E-state index contributed by atoms with van der Waals surface area (Å²) in [5.74, 6) is -0.114. The van der Waals surface area contributed by atoms with Crippen LogP contribution >= 0.6 is 11.3 Å². The Morgan fingerprint density at radius 3 is 2.26 bits per heavy atom. The summed E-state index contributed by atoms with van der Waals surface area (Å²) in [6.45, 7) is 2.11. The van der Waals surface area contributed by atoms with Crippen molar-refractivity contribution in [2.45, 2.75) is 6.54 Å². The van der Waals surface area contributed by atoms with E-state index in [-0.39, 0.29) is 18.4 Å². The summed E-state index contributed by atoms with van der Waals surface area (Å²) < 4.78 is 1.50. The average molecular weight is 475 g/mol. The molecule has 0 saturated carbocycles. The van der Waals surface area contributed by atoms with E-state index in [0.29, 0.717) is 48.2 Å². The quantitative estimate of drug-likeness (QED) is 0.491. The van der Waals surface area contributed by atoms with E-state index in [1.807, 2.05) is 22.9 Å². The number of aromatic amines is 1. The molecule has 0 spiro atoms. The number of para-hydroxylation sites is 1. The number of fused-ring (bicyclic) bond motifs is 1. The fourth-order valence-corrected chi connectivity index (χ4v) is 4.88. The van der Waals surface area contributed by atoms with Crippen LogP contribution in [0.15, 0.2) is 74.9 Å². The molecule has 1 aliphatic rings. The summed E-state index contributed by atoms with van der Waals surface area (Å²) in [5.41, 5.74) is 1.61. The van der Waals surface area contributed by atoms with Gasteiger partial charge in [0.15, 0.2) is 0 Å². The molecular weight excluding hydrogens is 452 g/mol. The lowest BCUT2D eigenvalue weighted by molar-refractivity contribution is 0.0536. The number of thiophene rings is 1. The maximum Gasteiger partial charge on any atom is 0.329 e. The lowest BCUT2D eigenvalue weighted by Crippen LogP contribution is -2.50. The Balaban J connectivity index is 1.32. The molecule has 172 valence electrons. The molecule has 5 rings (SSSR count). The summed E-state index contributed by atoms with van der Waals surface area (Å²) in [6, 6.07) is 15.9. The van der Waals surface area contributed by atoms with E-state index in [1.54, 1.807) is 52.3 Å². The van der Waals surface area contributed by atoms with Crippen LogP contribution in [0.25, 0.3) is 10.9 Å². The largest absolute Gasteiger partial charge is 0.335 e. The molecule has 0 unspecified atom stereocenters. The van der Waals surface area contributed by atoms with Gasteiger partial charge in [0.2, 0.25) is 0 Å². The predicted molar refractivity (Wildman–Crippen MR) is 130 cm³/mol. The third kappa shape index (κ3) is 4.17. The van der Waals surface area contributed by atoms with E-state index in [9.17, 15) is 19.2 Å². The number of hydrogen-bond acceptors (Lipinski definition) is 5. The van der Waals surface area contributed by atoms with E-state index in [0.717, 1.165) is 5.56 Å². The van der Waals surface area contributed by atoms with E-state index < -0.39 is 11.2 Å². The topological polar surface area (TPSA) is 95.5 Å². The first-order valence-corrected chi connectivity index (χ1v) is 11.9. The molecule has 0 bridgehead atoms. The van der Waals surface area contributed by atoms with Gasteiger partial charge in [0.1, 0.15) is 0 Å². The fourth-order valence-electron chi connectivity index (χ4n) is 4.25. The molecule has 3 heterocycles. The van der Waals surface area contributed by atoms with Gasteiger partial charge >= 0.3 is 5.69 Å². The Hall–Kier alpha value is -3.98. The zero-order chi connectivity index (χ0) is 23.7. The number of piperazine rings is 1. The lowest BCUT2D eigenvalue weighted by Gasteiger charge is -2.34. The van der Waals surface area contributed by atoms with Crippen LogP contribution in [0, 0.1) is 0 Å². The summed E-state index contributed by atoms with van der Waals surface area (Å²) in [5, 5.41) is 4.15. The second-order valence-corrected chi connectivity index (χ2v) is 8.94. The highest BCUT2D eigenvalue weighted by molar-refractivity contribution is 7.08. The van der Waals surface area contributed by atoms with Crippen LogP contribution in [0.3, 0.4) is 0 Å². The Bertz CT molecular complexity index is 1480. The van der Waals surface area contributed by atoms with Gasteiger partial charge in [-0.2, -0.15) is 11.3 Å². The highest BCUT2D eigenvalue weighted by Gasteiger charge is 2.25. The molecule has 1 N–H and O–H groups in total. The normalized spacial score (nSPS) is 13.9. The van der Waals surface area contributed by atoms with Crippen LogP contribution in [-0.2, 0) is 6.54 Å². The standard InChI is InChI=1S/C25H22N4O4S/c30-22-20-6-1-2-7-21(20)29(25(33)26-22)15-17-4-3-5-18(14-17)23(31)27-9-11-28(12-10-27)24(32)19-8-13-34-16-19/h1-8,13-14,16H,9-12,15H2,(H,26,30,33). The number of carbonyl (C=O) groups excluding carboxylic acids is 2. The number of aromatic nitrogens is 2. The molecule has 0 atom stereocenters. The number of H-pyrrole nitrogens is 1. The number of rotatable bonds is 4. The van der Waals surface area contributed by atoms with Crippen LogP contribution in [0.4, 0.5) is 0 Å². The van der Waals surface area contributed by atoms with Crippen molar-refractivity contribution >= 4 is 34.1 Å². The number of nitrogens with zero attached hydrogens (tertiary/aromatic N) is 3. The number of nitrogens with one attached hydrogen (secondary N) is 1. The van der Waals surface area contributed by atoms with E-state index in [4.69, 9.17) is 0 Å². The molecule has 1 fully saturated rings. The Kier molecular flexibility index (Phi) is 5.85. The van der Waals surface area contributed by atoms with Crippen molar-refractivity contribution in [3.63, 3.8) is 0 Å². The van der Waals surface area contributed by atoms with Crippen LogP contribution < -0.4 is 11.2 Å². The first-order chi connectivity index (χ1) is 16.5. The first-order valence-electron chi connectivity index (χ1n) is 10.9. The minimum absolute atomic E-state index is 0.00563. The highest BCUT2D eigenvalue weighted by atomic mass is 32.1. The maximum absolute atomic E-state index is 13.1. The molecule has 34 heavy (non-hydrogen) atoms. The minimum atomic E-state index is -0.494. The SMILES string of the molecule is O=C(c1ccsc1)N1CCN(C(=O)c2cccc(Cn3c(=O)[nH]c(=O)c4ccccc43)c2)CC1. The Morgan fingerprint density at radius 1 is 0.853 bits per heavy atom. The van der Waals surface area contributed by atoms with Gasteiger partial charge in [-0.05, 0) is 41.3 Å². The van der Waals surface area contributed by atoms with Gasteiger partial charge in [-0.3, -0.25) is 23.9 Å². The smallest absolute Gasteiger partial charge is 0.329 e. The van der Waals surface area contributed by atoms with Crippen LogP contribution in [0.2, 0.25) is 0 Å². The second-order valence-electron chi connectivity index (χ2n) is 8.16. The maximum atomic E-state index is 13.1. The number of carbonyl (C=O) groups is 2. The molecule has 1 aliphatic heterocycles. The van der Waals surface area contributed by atoms with Crippen LogP contribution in [0.1, 0.15) is 26.3 Å². The molecule has 9 heteroatoms. The number of benzene rings is 2. The molecule has 0 radical (unpaired) electrons. The van der Waals surface area contributed by atoms with Crippen LogP contribution in [0.5, 0.6) is 0 Å². The minimum Gasteiger partial charge on any atom is -0.335 e. The van der Waals surface area contributed by atoms with Crippen molar-refractivity contribution in [2.24, 2.45) is 0 Å². The van der Waals surface area contributed by atoms with E-state index in [2.05, 4.69) is 4.98 Å². The lowest BCUT2D eigenvalue weighted by atomic mass is 10.1. The van der Waals surface area contributed by atoms with Crippen LogP contribution in [-0.4, -0.2) is 57.3 Å². The monoisotopic (exact) mass is 474 g/mol. The molecule has 2 aromatic heterocycles.